The van der Waals surface area contributed by atoms with Gasteiger partial charge in [-0.3, -0.25) is 0 Å². The number of hydrogen-bond donors (Lipinski definition) is 2. The number of hydrogen-bond acceptors (Lipinski definition) is 3. The first-order valence-electron chi connectivity index (χ1n) is 6.10. The van der Waals surface area contributed by atoms with Gasteiger partial charge >= 0.3 is 0 Å². The highest BCUT2D eigenvalue weighted by Gasteiger charge is 2.13. The molecule has 0 radical (unpaired) electrons. The molecule has 2 unspecified atom stereocenters. The molecule has 2 N–H and O–H groups in total. The average molecular weight is 249 g/mol. The fourth-order valence-electron chi connectivity index (χ4n) is 1.95. The van der Waals surface area contributed by atoms with Crippen LogP contribution in [0.1, 0.15) is 31.2 Å². The van der Waals surface area contributed by atoms with Crippen molar-refractivity contribution < 1.29 is 5.11 Å². The van der Waals surface area contributed by atoms with E-state index in [4.69, 9.17) is 0 Å². The van der Waals surface area contributed by atoms with E-state index in [1.807, 2.05) is 11.3 Å². The minimum atomic E-state index is 0.190. The van der Waals surface area contributed by atoms with Gasteiger partial charge in [-0.1, -0.05) is 25.1 Å². The second-order valence-electron chi connectivity index (χ2n) is 4.36. The van der Waals surface area contributed by atoms with Gasteiger partial charge in [0.25, 0.3) is 0 Å². The van der Waals surface area contributed by atoms with Gasteiger partial charge in [-0.15, -0.1) is 11.3 Å². The molecule has 1 heterocycles. The first-order chi connectivity index (χ1) is 8.24. The first kappa shape index (κ1) is 12.6. The van der Waals surface area contributed by atoms with Crippen molar-refractivity contribution in [2.45, 2.75) is 32.4 Å². The molecule has 2 rings (SSSR count). The smallest absolute Gasteiger partial charge is 0.0584 e. The Morgan fingerprint density at radius 1 is 1.35 bits per heavy atom. The summed E-state index contributed by atoms with van der Waals surface area (Å²) in [7, 11) is 0. The van der Waals surface area contributed by atoms with Crippen LogP contribution in [-0.2, 0) is 0 Å². The molecule has 2 aromatic rings. The van der Waals surface area contributed by atoms with Crippen LogP contribution in [0.3, 0.4) is 0 Å². The zero-order valence-corrected chi connectivity index (χ0v) is 11.1. The van der Waals surface area contributed by atoms with Gasteiger partial charge in [-0.2, -0.15) is 0 Å². The second-order valence-corrected chi connectivity index (χ2v) is 5.48. The Morgan fingerprint density at radius 3 is 2.76 bits per heavy atom. The molecule has 0 saturated heterocycles. The number of benzene rings is 1. The Balaban J connectivity index is 2.15. The van der Waals surface area contributed by atoms with Crippen molar-refractivity contribution in [3.63, 3.8) is 0 Å². The van der Waals surface area contributed by atoms with Gasteiger partial charge in [0, 0.05) is 21.7 Å². The number of fused-ring (bicyclic) bond motifs is 1. The van der Waals surface area contributed by atoms with E-state index in [1.165, 1.54) is 15.0 Å². The fraction of sp³-hybridized carbons (Fsp3) is 0.429. The third kappa shape index (κ3) is 2.86. The summed E-state index contributed by atoms with van der Waals surface area (Å²) in [4.78, 5) is 1.33. The standard InChI is InChI=1S/C14H19NOS/c1-3-12(9-16)15-10(2)14-8-11-6-4-5-7-13(11)17-14/h4-8,10,12,15-16H,3,9H2,1-2H3. The molecular weight excluding hydrogens is 230 g/mol. The van der Waals surface area contributed by atoms with Crippen molar-refractivity contribution in [2.75, 3.05) is 6.61 Å². The summed E-state index contributed by atoms with van der Waals surface area (Å²) >= 11 is 1.82. The number of thiophene rings is 1. The van der Waals surface area contributed by atoms with Crippen molar-refractivity contribution in [1.29, 1.82) is 0 Å². The van der Waals surface area contributed by atoms with Gasteiger partial charge in [-0.05, 0) is 30.9 Å². The number of nitrogens with one attached hydrogen (secondary N) is 1. The topological polar surface area (TPSA) is 32.3 Å². The van der Waals surface area contributed by atoms with Crippen LogP contribution in [0.2, 0.25) is 0 Å². The lowest BCUT2D eigenvalue weighted by Gasteiger charge is -2.19. The van der Waals surface area contributed by atoms with Crippen LogP contribution in [0.15, 0.2) is 30.3 Å². The maximum absolute atomic E-state index is 9.20. The lowest BCUT2D eigenvalue weighted by molar-refractivity contribution is 0.230. The van der Waals surface area contributed by atoms with E-state index in [-0.39, 0.29) is 12.6 Å². The van der Waals surface area contributed by atoms with Gasteiger partial charge in [0.1, 0.15) is 0 Å². The minimum Gasteiger partial charge on any atom is -0.395 e. The van der Waals surface area contributed by atoms with E-state index in [0.29, 0.717) is 6.04 Å². The SMILES string of the molecule is CCC(CO)NC(C)c1cc2ccccc2s1. The van der Waals surface area contributed by atoms with Crippen molar-refractivity contribution in [2.24, 2.45) is 0 Å². The first-order valence-corrected chi connectivity index (χ1v) is 6.91. The van der Waals surface area contributed by atoms with E-state index in [2.05, 4.69) is 49.5 Å². The molecule has 0 spiro atoms. The van der Waals surface area contributed by atoms with E-state index in [0.717, 1.165) is 6.42 Å². The molecule has 0 amide bonds. The largest absolute Gasteiger partial charge is 0.395 e. The van der Waals surface area contributed by atoms with Crippen molar-refractivity contribution in [3.8, 4) is 0 Å². The van der Waals surface area contributed by atoms with Gasteiger partial charge in [0.2, 0.25) is 0 Å². The predicted molar refractivity (Wildman–Crippen MR) is 74.5 cm³/mol. The number of rotatable bonds is 5. The van der Waals surface area contributed by atoms with Gasteiger partial charge in [0.15, 0.2) is 0 Å². The van der Waals surface area contributed by atoms with Crippen molar-refractivity contribution >= 4 is 21.4 Å². The van der Waals surface area contributed by atoms with Crippen LogP contribution in [0.25, 0.3) is 10.1 Å². The third-order valence-corrected chi connectivity index (χ3v) is 4.37. The van der Waals surface area contributed by atoms with Gasteiger partial charge in [-0.25, -0.2) is 0 Å². The van der Waals surface area contributed by atoms with E-state index < -0.39 is 0 Å². The molecule has 3 heteroatoms. The molecule has 0 fully saturated rings. The summed E-state index contributed by atoms with van der Waals surface area (Å²) in [5.41, 5.74) is 0. The molecule has 0 saturated carbocycles. The molecule has 0 aliphatic rings. The monoisotopic (exact) mass is 249 g/mol. The maximum Gasteiger partial charge on any atom is 0.0584 e. The Morgan fingerprint density at radius 2 is 2.12 bits per heavy atom. The Hall–Kier alpha value is -0.900. The molecule has 2 nitrogen and oxygen atoms in total. The van der Waals surface area contributed by atoms with Crippen LogP contribution in [0, 0.1) is 0 Å². The highest BCUT2D eigenvalue weighted by atomic mass is 32.1. The Bertz CT molecular complexity index is 443. The lowest BCUT2D eigenvalue weighted by atomic mass is 10.1. The highest BCUT2D eigenvalue weighted by molar-refractivity contribution is 7.19. The molecule has 17 heavy (non-hydrogen) atoms. The van der Waals surface area contributed by atoms with E-state index in [9.17, 15) is 5.11 Å². The van der Waals surface area contributed by atoms with Gasteiger partial charge < -0.3 is 10.4 Å². The predicted octanol–water partition coefficient (Wildman–Crippen LogP) is 3.32. The fourth-order valence-corrected chi connectivity index (χ4v) is 3.03. The summed E-state index contributed by atoms with van der Waals surface area (Å²) in [5.74, 6) is 0. The van der Waals surface area contributed by atoms with Crippen LogP contribution < -0.4 is 5.32 Å². The Labute approximate surface area is 106 Å². The number of aliphatic hydroxyl groups is 1. The molecule has 0 bridgehead atoms. The van der Waals surface area contributed by atoms with Crippen molar-refractivity contribution in [1.82, 2.24) is 5.32 Å². The summed E-state index contributed by atoms with van der Waals surface area (Å²) in [6.45, 7) is 4.44. The van der Waals surface area contributed by atoms with Crippen molar-refractivity contribution in [3.05, 3.63) is 35.2 Å². The minimum absolute atomic E-state index is 0.190. The zero-order valence-electron chi connectivity index (χ0n) is 10.3. The van der Waals surface area contributed by atoms with E-state index >= 15 is 0 Å². The zero-order chi connectivity index (χ0) is 12.3. The molecule has 0 aliphatic carbocycles. The summed E-state index contributed by atoms with van der Waals surface area (Å²) < 4.78 is 1.33. The molecule has 2 atom stereocenters. The van der Waals surface area contributed by atoms with E-state index in [1.54, 1.807) is 0 Å². The summed E-state index contributed by atoms with van der Waals surface area (Å²) in [6, 6.07) is 11.2. The Kier molecular flexibility index (Phi) is 4.15. The van der Waals surface area contributed by atoms with Crippen LogP contribution in [0.4, 0.5) is 0 Å². The summed E-state index contributed by atoms with van der Waals surface area (Å²) in [5, 5.41) is 14.0. The quantitative estimate of drug-likeness (QED) is 0.852. The number of aliphatic hydroxyl groups excluding tert-OH is 1. The third-order valence-electron chi connectivity index (χ3n) is 3.07. The van der Waals surface area contributed by atoms with Gasteiger partial charge in [0.05, 0.1) is 6.61 Å². The molecule has 92 valence electrons. The normalized spacial score (nSPS) is 15.0. The summed E-state index contributed by atoms with van der Waals surface area (Å²) in [6.07, 6.45) is 0.950. The lowest BCUT2D eigenvalue weighted by Crippen LogP contribution is -2.33. The maximum atomic E-state index is 9.20. The van der Waals surface area contributed by atoms with Crippen LogP contribution >= 0.6 is 11.3 Å². The molecule has 1 aromatic carbocycles. The molecule has 1 aromatic heterocycles. The average Bonchev–Trinajstić information content (AvgIpc) is 2.79. The highest BCUT2D eigenvalue weighted by Crippen LogP contribution is 2.29. The van der Waals surface area contributed by atoms with Crippen LogP contribution in [0.5, 0.6) is 0 Å². The molecule has 0 aliphatic heterocycles. The van der Waals surface area contributed by atoms with Crippen LogP contribution in [-0.4, -0.2) is 17.8 Å². The molecular formula is C14H19NOS. The second kappa shape index (κ2) is 5.63.